The van der Waals surface area contributed by atoms with E-state index in [4.69, 9.17) is 10.2 Å². The number of furan rings is 1. The zero-order chi connectivity index (χ0) is 24.4. The average molecular weight is 461 g/mol. The number of hydrogen-bond acceptors (Lipinski definition) is 5. The first-order valence-electron chi connectivity index (χ1n) is 11.7. The van der Waals surface area contributed by atoms with E-state index in [1.54, 1.807) is 28.9 Å². The molecular formula is C27H32N4O3. The van der Waals surface area contributed by atoms with Gasteiger partial charge in [0.15, 0.2) is 5.76 Å². The van der Waals surface area contributed by atoms with Gasteiger partial charge in [-0.05, 0) is 74.7 Å². The lowest BCUT2D eigenvalue weighted by Crippen LogP contribution is -2.51. The molecule has 7 heteroatoms. The fraction of sp³-hybridized carbons (Fsp3) is 0.333. The van der Waals surface area contributed by atoms with Crippen molar-refractivity contribution in [3.05, 3.63) is 66.6 Å². The topological polar surface area (TPSA) is 91.8 Å². The molecule has 2 unspecified atom stereocenters. The van der Waals surface area contributed by atoms with E-state index in [0.717, 1.165) is 28.9 Å². The first-order chi connectivity index (χ1) is 16.2. The highest BCUT2D eigenvalue weighted by molar-refractivity contribution is 6.10. The number of anilines is 3. The van der Waals surface area contributed by atoms with Crippen molar-refractivity contribution >= 4 is 28.9 Å². The number of carbonyl (C=O) groups excluding carboxylic acids is 2. The van der Waals surface area contributed by atoms with Crippen molar-refractivity contribution in [3.63, 3.8) is 0 Å². The summed E-state index contributed by atoms with van der Waals surface area (Å²) >= 11 is 0. The third-order valence-electron chi connectivity index (χ3n) is 6.06. The minimum atomic E-state index is -0.224. The number of carbonyl (C=O) groups is 2. The molecule has 2 aromatic carbocycles. The molecule has 2 heterocycles. The highest BCUT2D eigenvalue weighted by Gasteiger charge is 2.35. The predicted molar refractivity (Wildman–Crippen MR) is 136 cm³/mol. The van der Waals surface area contributed by atoms with Crippen LogP contribution in [0.5, 0.6) is 0 Å². The van der Waals surface area contributed by atoms with Crippen LogP contribution in [0.4, 0.5) is 17.1 Å². The number of benzene rings is 2. The lowest BCUT2D eigenvalue weighted by atomic mass is 9.99. The van der Waals surface area contributed by atoms with Crippen LogP contribution in [-0.4, -0.2) is 36.5 Å². The van der Waals surface area contributed by atoms with E-state index < -0.39 is 0 Å². The van der Waals surface area contributed by atoms with Crippen molar-refractivity contribution in [1.82, 2.24) is 0 Å². The van der Waals surface area contributed by atoms with Gasteiger partial charge in [-0.25, -0.2) is 0 Å². The Balaban J connectivity index is 1.72. The van der Waals surface area contributed by atoms with Gasteiger partial charge in [0.1, 0.15) is 0 Å². The Labute approximate surface area is 200 Å². The van der Waals surface area contributed by atoms with Crippen molar-refractivity contribution in [1.29, 1.82) is 0 Å². The molecule has 0 fully saturated rings. The van der Waals surface area contributed by atoms with Crippen LogP contribution in [0.1, 0.15) is 44.7 Å². The maximum Gasteiger partial charge on any atom is 0.294 e. The maximum atomic E-state index is 13.3. The van der Waals surface area contributed by atoms with Gasteiger partial charge in [-0.15, -0.1) is 0 Å². The van der Waals surface area contributed by atoms with Gasteiger partial charge >= 0.3 is 0 Å². The van der Waals surface area contributed by atoms with Gasteiger partial charge in [0.05, 0.1) is 23.7 Å². The highest BCUT2D eigenvalue weighted by Crippen LogP contribution is 2.40. The summed E-state index contributed by atoms with van der Waals surface area (Å²) in [5.41, 5.74) is 10.3. The summed E-state index contributed by atoms with van der Waals surface area (Å²) in [5.74, 6) is -0.00587. The Bertz CT molecular complexity index is 1170. The molecule has 0 bridgehead atoms. The third-order valence-corrected chi connectivity index (χ3v) is 6.06. The van der Waals surface area contributed by atoms with Gasteiger partial charge in [0.25, 0.3) is 5.91 Å². The second-order valence-electron chi connectivity index (χ2n) is 9.17. The van der Waals surface area contributed by atoms with Crippen LogP contribution in [0.15, 0.2) is 65.3 Å². The molecule has 1 aliphatic rings. The smallest absolute Gasteiger partial charge is 0.294 e. The first kappa shape index (κ1) is 23.6. The van der Waals surface area contributed by atoms with Crippen LogP contribution in [-0.2, 0) is 4.79 Å². The van der Waals surface area contributed by atoms with Crippen LogP contribution in [0.3, 0.4) is 0 Å². The number of nitrogens with two attached hydrogens (primary N) is 1. The zero-order valence-corrected chi connectivity index (χ0v) is 20.1. The number of nitrogens with one attached hydrogen (secondary N) is 1. The van der Waals surface area contributed by atoms with Gasteiger partial charge in [-0.3, -0.25) is 9.59 Å². The van der Waals surface area contributed by atoms with Crippen LogP contribution in [0.2, 0.25) is 0 Å². The number of rotatable bonds is 6. The molecule has 1 aromatic heterocycles. The van der Waals surface area contributed by atoms with Crippen LogP contribution in [0, 0.1) is 0 Å². The molecule has 2 amide bonds. The molecule has 3 aromatic rings. The highest BCUT2D eigenvalue weighted by atomic mass is 16.3. The van der Waals surface area contributed by atoms with Gasteiger partial charge in [-0.1, -0.05) is 18.2 Å². The van der Waals surface area contributed by atoms with E-state index in [0.29, 0.717) is 12.2 Å². The SMILES string of the molecule is CC(=O)N1c2ccc(-c3cccc(NC(C)CC(C)N)c3)cc2N(C(=O)c2ccco2)C[C@@H]1C. The van der Waals surface area contributed by atoms with E-state index in [-0.39, 0.29) is 35.7 Å². The first-order valence-corrected chi connectivity index (χ1v) is 11.7. The average Bonchev–Trinajstić information content (AvgIpc) is 3.32. The molecule has 3 N–H and O–H groups in total. The summed E-state index contributed by atoms with van der Waals surface area (Å²) in [6.45, 7) is 8.00. The number of hydrogen-bond donors (Lipinski definition) is 2. The van der Waals surface area contributed by atoms with Crippen molar-refractivity contribution in [2.75, 3.05) is 21.7 Å². The predicted octanol–water partition coefficient (Wildman–Crippen LogP) is 4.89. The molecule has 0 aliphatic carbocycles. The fourth-order valence-corrected chi connectivity index (χ4v) is 4.70. The van der Waals surface area contributed by atoms with Crippen molar-refractivity contribution < 1.29 is 14.0 Å². The molecule has 7 nitrogen and oxygen atoms in total. The van der Waals surface area contributed by atoms with Gasteiger partial charge in [0, 0.05) is 31.2 Å². The lowest BCUT2D eigenvalue weighted by Gasteiger charge is -2.40. The molecule has 0 spiro atoms. The summed E-state index contributed by atoms with van der Waals surface area (Å²) in [6.07, 6.45) is 2.36. The molecule has 3 atom stereocenters. The normalized spacial score (nSPS) is 17.1. The molecule has 1 aliphatic heterocycles. The second-order valence-corrected chi connectivity index (χ2v) is 9.17. The standard InChI is InChI=1S/C27H32N4O3/c1-17(28)13-18(2)29-23-8-5-7-21(14-23)22-10-11-24-25(15-22)30(16-19(3)31(24)20(4)32)27(33)26-9-6-12-34-26/h5-12,14-15,17-19,29H,13,16,28H2,1-4H3/t17?,18?,19-/m0/s1. The Hall–Kier alpha value is -3.58. The quantitative estimate of drug-likeness (QED) is 0.547. The second kappa shape index (κ2) is 9.73. The van der Waals surface area contributed by atoms with Crippen molar-refractivity contribution in [2.45, 2.75) is 52.2 Å². The molecule has 0 saturated carbocycles. The Morgan fingerprint density at radius 2 is 1.85 bits per heavy atom. The Kier molecular flexibility index (Phi) is 6.75. The molecule has 34 heavy (non-hydrogen) atoms. The molecule has 0 saturated heterocycles. The van der Waals surface area contributed by atoms with Gasteiger partial charge in [-0.2, -0.15) is 0 Å². The van der Waals surface area contributed by atoms with E-state index in [1.165, 1.54) is 6.26 Å². The van der Waals surface area contributed by atoms with Crippen LogP contribution in [0.25, 0.3) is 11.1 Å². The summed E-state index contributed by atoms with van der Waals surface area (Å²) in [5, 5.41) is 3.51. The van der Waals surface area contributed by atoms with E-state index in [9.17, 15) is 9.59 Å². The minimum absolute atomic E-state index is 0.0547. The fourth-order valence-electron chi connectivity index (χ4n) is 4.70. The van der Waals surface area contributed by atoms with Crippen molar-refractivity contribution in [3.8, 4) is 11.1 Å². The summed E-state index contributed by atoms with van der Waals surface area (Å²) in [7, 11) is 0. The van der Waals surface area contributed by atoms with E-state index >= 15 is 0 Å². The van der Waals surface area contributed by atoms with Gasteiger partial charge < -0.3 is 25.3 Å². The Morgan fingerprint density at radius 3 is 2.53 bits per heavy atom. The number of fused-ring (bicyclic) bond motifs is 1. The monoisotopic (exact) mass is 460 g/mol. The molecule has 4 rings (SSSR count). The van der Waals surface area contributed by atoms with Crippen LogP contribution < -0.4 is 20.9 Å². The maximum absolute atomic E-state index is 13.3. The number of amides is 2. The molecule has 178 valence electrons. The summed E-state index contributed by atoms with van der Waals surface area (Å²) in [4.78, 5) is 29.2. The van der Waals surface area contributed by atoms with Crippen molar-refractivity contribution in [2.24, 2.45) is 5.73 Å². The third kappa shape index (κ3) is 4.84. The Morgan fingerprint density at radius 1 is 1.09 bits per heavy atom. The number of nitrogens with zero attached hydrogens (tertiary/aromatic N) is 2. The largest absolute Gasteiger partial charge is 0.459 e. The van der Waals surface area contributed by atoms with Crippen LogP contribution >= 0.6 is 0 Å². The molecule has 0 radical (unpaired) electrons. The minimum Gasteiger partial charge on any atom is -0.459 e. The summed E-state index contributed by atoms with van der Waals surface area (Å²) < 4.78 is 5.38. The van der Waals surface area contributed by atoms with Gasteiger partial charge in [0.2, 0.25) is 5.91 Å². The lowest BCUT2D eigenvalue weighted by molar-refractivity contribution is -0.117. The van der Waals surface area contributed by atoms with E-state index in [1.807, 2.05) is 50.2 Å². The molecular weight excluding hydrogens is 428 g/mol. The summed E-state index contributed by atoms with van der Waals surface area (Å²) in [6, 6.07) is 17.6. The zero-order valence-electron chi connectivity index (χ0n) is 20.1. The van der Waals surface area contributed by atoms with E-state index in [2.05, 4.69) is 18.3 Å².